The van der Waals surface area contributed by atoms with Crippen LogP contribution >= 0.6 is 0 Å². The molecule has 14 nitrogen and oxygen atoms in total. The van der Waals surface area contributed by atoms with Gasteiger partial charge in [-0.05, 0) is 195 Å². The molecule has 0 aliphatic heterocycles. The molecule has 0 amide bonds. The third-order valence-corrected chi connectivity index (χ3v) is 22.7. The van der Waals surface area contributed by atoms with Gasteiger partial charge in [0.15, 0.2) is 0 Å². The first-order valence-corrected chi connectivity index (χ1v) is 47.3. The van der Waals surface area contributed by atoms with Crippen molar-refractivity contribution in [3.63, 3.8) is 0 Å². The summed E-state index contributed by atoms with van der Waals surface area (Å²) in [5.41, 5.74) is 43.3. The van der Waals surface area contributed by atoms with Crippen LogP contribution in [0.15, 0.2) is 309 Å². The zero-order chi connectivity index (χ0) is 101. The van der Waals surface area contributed by atoms with Crippen molar-refractivity contribution in [2.45, 2.75) is 184 Å². The van der Waals surface area contributed by atoms with Gasteiger partial charge in [-0.2, -0.15) is 0 Å². The smallest absolute Gasteiger partial charge is 0.0970 e. The van der Waals surface area contributed by atoms with E-state index < -0.39 is 18.3 Å². The van der Waals surface area contributed by atoms with Crippen molar-refractivity contribution in [2.24, 2.45) is 11.8 Å². The Morgan fingerprint density at radius 1 is 0.289 bits per heavy atom. The molecule has 737 valence electrons. The van der Waals surface area contributed by atoms with Crippen molar-refractivity contribution >= 4 is 21.8 Å². The monoisotopic (exact) mass is 2420 g/mol. The maximum atomic E-state index is 9.31. The molecule has 0 aliphatic rings. The topological polar surface area (TPSA) is 224 Å². The first-order chi connectivity index (χ1) is 66.2. The predicted octanol–water partition coefficient (Wildman–Crippen LogP) is 30.6. The van der Waals surface area contributed by atoms with Gasteiger partial charge in [0.05, 0.1) is 80.8 Å². The fourth-order valence-electron chi connectivity index (χ4n) is 16.9. The van der Waals surface area contributed by atoms with Gasteiger partial charge in [-0.1, -0.05) is 296 Å². The van der Waals surface area contributed by atoms with E-state index in [1.807, 2.05) is 89.0 Å². The summed E-state index contributed by atoms with van der Waals surface area (Å²) in [7, 11) is 0. The molecule has 0 bridgehead atoms. The van der Waals surface area contributed by atoms with Crippen LogP contribution in [0.1, 0.15) is 144 Å². The minimum absolute atomic E-state index is 0. The van der Waals surface area contributed by atoms with Gasteiger partial charge in [0.2, 0.25) is 0 Å². The molecule has 5 heterocycles. The van der Waals surface area contributed by atoms with E-state index in [4.69, 9.17) is 50.3 Å². The number of rotatable bonds is 16. The fourth-order valence-corrected chi connectivity index (χ4v) is 16.9. The van der Waals surface area contributed by atoms with Crippen molar-refractivity contribution in [3.05, 3.63) is 416 Å². The van der Waals surface area contributed by atoms with Crippen LogP contribution in [-0.2, 0) is 60.3 Å². The van der Waals surface area contributed by atoms with E-state index in [1.54, 1.807) is 13.8 Å². The molecule has 17 rings (SSSR count). The molecule has 0 aliphatic carbocycles. The summed E-state index contributed by atoms with van der Waals surface area (Å²) in [4.78, 5) is 39.4. The summed E-state index contributed by atoms with van der Waals surface area (Å²) in [6.07, 6.45) is 12.0. The maximum Gasteiger partial charge on any atom is 0.0970 e. The van der Waals surface area contributed by atoms with E-state index in [-0.39, 0.29) is 89.4 Å². The average Bonchev–Trinajstić information content (AvgIpc) is 0.773. The molecule has 142 heavy (non-hydrogen) atoms. The van der Waals surface area contributed by atoms with Crippen LogP contribution in [0.2, 0.25) is 0 Å². The van der Waals surface area contributed by atoms with E-state index in [9.17, 15) is 10.2 Å². The molecule has 0 saturated heterocycles. The molecule has 6 N–H and O–H groups in total. The van der Waals surface area contributed by atoms with Gasteiger partial charge in [0, 0.05) is 142 Å². The molecular weight excluding hydrogens is 2290 g/mol. The summed E-state index contributed by atoms with van der Waals surface area (Å²) < 4.78 is 0. The number of fused-ring (bicyclic) bond motifs is 3. The van der Waals surface area contributed by atoms with Gasteiger partial charge in [0.1, 0.15) is 0 Å². The largest absolute Gasteiger partial charge is 0.513 e. The number of aryl methyl sites for hydroxylation is 16. The number of benzene rings is 12. The number of allylic oxidation sites excluding steroid dienone is 3. The van der Waals surface area contributed by atoms with Crippen LogP contribution in [0.25, 0.3) is 145 Å². The SMILES string of the molecule is CC(C)C(O)=CC(O)C(C)C.CC(O)=CC(C)O.CC(O)=CC(C)O.Cc1[c-]c(-c2ncc(-c3c(C)cccc3C)nc2-c2cc(C)cc(C)c2)cc(C)c1.Cc1[c-]c(-c2ncc(-c3cc(C)cc(C)c3)nc2-c2cc(C)cc(C)c2)cc(C)c1.Cc1[c-]c(-c2ncc(-c3ccccc3)nc2-c2cc(C)cc(C)c2)cc(C)c1.[Ir].[Ir].[Ir].c1ccc(-c2ccnc3c2ccc2c(-c4ccccc4)ccnc23)cc1. The zero-order valence-corrected chi connectivity index (χ0v) is 93.0. The minimum atomic E-state index is -0.537. The first-order valence-electron chi connectivity index (χ1n) is 47.3. The molecule has 0 spiro atoms. The predicted molar refractivity (Wildman–Crippen MR) is 578 cm³/mol. The number of pyridine rings is 2. The Hall–Kier alpha value is -12.9. The van der Waals surface area contributed by atoms with E-state index >= 15 is 0 Å². The standard InChI is InChI=1S/2C28H27N2.C26H23N2.C24H16N2.C9H18O2.2C5H10O2.3Ir/c1-17-7-18(2)11-23(10-17)26-16-29-27(24-12-19(3)8-20(4)13-24)28(30-26)25-14-21(5)9-22(6)15-25;1-17-10-18(2)13-23(12-17)27-28(24-14-19(3)11-20(4)15-24)30-25(16-29-27)26-21(5)8-7-9-22(26)6;1-17-10-18(2)13-22(12-17)25-26(23-14-19(3)11-20(4)15-23)28-24(16-27-25)21-8-6-5-7-9-21;1-3-7-17(8-4-1)19-13-15-25-23-21(19)11-12-22-20(14-16-26-24(22)23)18-9-5-2-6-10-18;1-6(2)8(10)5-9(11)7(3)4;2*1-4(6)3-5(2)7;;;/h2*7-12,14-16H,1-6H3;5-12,14-16H,1-4H3;1-16H;5-8,10-11H,1-4H3;2*3-4,6-7H,1-2H3;;;/q3*-1;;;;;;;. The molecule has 0 fully saturated rings. The molecule has 12 aromatic carbocycles. The second-order valence-corrected chi connectivity index (χ2v) is 37.1. The molecule has 17 aromatic rings. The Kier molecular flexibility index (Phi) is 43.4. The number of aliphatic hydroxyl groups is 6. The molecule has 5 aromatic heterocycles. The van der Waals surface area contributed by atoms with Gasteiger partial charge in [-0.15, -0.1) is 105 Å². The van der Waals surface area contributed by atoms with Crippen LogP contribution in [0, 0.1) is 141 Å². The van der Waals surface area contributed by atoms with Crippen LogP contribution in [0.5, 0.6) is 0 Å². The molecule has 3 radical (unpaired) electrons. The van der Waals surface area contributed by atoms with Gasteiger partial charge < -0.3 is 45.6 Å². The van der Waals surface area contributed by atoms with Crippen LogP contribution in [-0.4, -0.2) is 88.8 Å². The average molecular weight is 2420 g/mol. The normalized spacial score (nSPS) is 11.7. The summed E-state index contributed by atoms with van der Waals surface area (Å²) >= 11 is 0. The van der Waals surface area contributed by atoms with Crippen LogP contribution in [0.4, 0.5) is 0 Å². The number of aliphatic hydroxyl groups excluding tert-OH is 6. The van der Waals surface area contributed by atoms with Crippen molar-refractivity contribution in [2.75, 3.05) is 0 Å². The zero-order valence-electron chi connectivity index (χ0n) is 85.9. The molecule has 0 saturated carbocycles. The Morgan fingerprint density at radius 2 is 0.577 bits per heavy atom. The summed E-state index contributed by atoms with van der Waals surface area (Å²) in [6, 6.07) is 95.3. The Labute approximate surface area is 881 Å². The Balaban J connectivity index is 0.000000213. The Morgan fingerprint density at radius 3 is 0.866 bits per heavy atom. The first kappa shape index (κ1) is 114. The number of nitrogens with zero attached hydrogens (tertiary/aromatic N) is 8. The third kappa shape index (κ3) is 32.6. The van der Waals surface area contributed by atoms with E-state index in [1.165, 1.54) is 127 Å². The van der Waals surface area contributed by atoms with E-state index in [0.29, 0.717) is 0 Å². The number of hydrogen-bond donors (Lipinski definition) is 6. The van der Waals surface area contributed by atoms with Gasteiger partial charge in [0.25, 0.3) is 0 Å². The van der Waals surface area contributed by atoms with Gasteiger partial charge in [-0.3, -0.25) is 24.9 Å². The second-order valence-electron chi connectivity index (χ2n) is 37.1. The number of aromatic nitrogens is 8. The minimum Gasteiger partial charge on any atom is -0.513 e. The Bertz CT molecular complexity index is 6950. The maximum absolute atomic E-state index is 9.31. The van der Waals surface area contributed by atoms with E-state index in [0.717, 1.165) is 140 Å². The molecular formula is C125H131Ir3N8O6-3. The molecule has 3 unspecified atom stereocenters. The van der Waals surface area contributed by atoms with Crippen molar-refractivity contribution in [1.82, 2.24) is 39.9 Å². The van der Waals surface area contributed by atoms with Crippen LogP contribution in [0.3, 0.4) is 0 Å². The van der Waals surface area contributed by atoms with Crippen LogP contribution < -0.4 is 0 Å². The van der Waals surface area contributed by atoms with Crippen molar-refractivity contribution in [1.29, 1.82) is 0 Å². The summed E-state index contributed by atoms with van der Waals surface area (Å²) in [6.45, 7) is 47.6. The summed E-state index contributed by atoms with van der Waals surface area (Å²) in [5, 5.41) is 54.6. The molecule has 17 heteroatoms. The second kappa shape index (κ2) is 53.8. The van der Waals surface area contributed by atoms with E-state index in [2.05, 4.69) is 351 Å². The third-order valence-electron chi connectivity index (χ3n) is 22.7. The number of hydrogen-bond acceptors (Lipinski definition) is 14. The summed E-state index contributed by atoms with van der Waals surface area (Å²) in [5.74, 6) is 0.857. The van der Waals surface area contributed by atoms with Crippen molar-refractivity contribution < 1.29 is 91.0 Å². The quantitative estimate of drug-likeness (QED) is 0.0301. The molecule has 3 atom stereocenters. The van der Waals surface area contributed by atoms with Crippen molar-refractivity contribution in [3.8, 4) is 124 Å². The van der Waals surface area contributed by atoms with Gasteiger partial charge >= 0.3 is 0 Å². The van der Waals surface area contributed by atoms with Gasteiger partial charge in [-0.25, -0.2) is 0 Å². The fraction of sp³-hybridized carbons (Fsp3) is 0.232.